The van der Waals surface area contributed by atoms with Crippen LogP contribution < -0.4 is 4.74 Å². The van der Waals surface area contributed by atoms with Crippen molar-refractivity contribution in [3.8, 4) is 28.0 Å². The molecule has 0 saturated heterocycles. The van der Waals surface area contributed by atoms with Gasteiger partial charge in [-0.15, -0.1) is 0 Å². The van der Waals surface area contributed by atoms with Crippen LogP contribution in [-0.2, 0) is 5.41 Å². The fourth-order valence-electron chi connectivity index (χ4n) is 4.17. The van der Waals surface area contributed by atoms with Crippen molar-refractivity contribution >= 4 is 0 Å². The van der Waals surface area contributed by atoms with Gasteiger partial charge in [0.25, 0.3) is 0 Å². The normalized spacial score (nSPS) is 15.1. The molecule has 3 aromatic rings. The van der Waals surface area contributed by atoms with E-state index in [1.165, 1.54) is 53.5 Å². The Labute approximate surface area is 182 Å². The van der Waals surface area contributed by atoms with Gasteiger partial charge in [0.2, 0.25) is 0 Å². The minimum Gasteiger partial charge on any atom is -0.493 e. The van der Waals surface area contributed by atoms with Crippen LogP contribution in [-0.4, -0.2) is 6.61 Å². The molecule has 3 aromatic carbocycles. The molecule has 0 spiro atoms. The molecule has 30 heavy (non-hydrogen) atoms. The van der Waals surface area contributed by atoms with Crippen LogP contribution in [0.2, 0.25) is 0 Å². The molecule has 0 atom stereocenters. The molecule has 1 heteroatoms. The zero-order valence-corrected chi connectivity index (χ0v) is 18.9. The van der Waals surface area contributed by atoms with Gasteiger partial charge < -0.3 is 4.74 Å². The molecule has 0 bridgehead atoms. The lowest BCUT2D eigenvalue weighted by atomic mass is 9.86. The van der Waals surface area contributed by atoms with Crippen LogP contribution in [0.15, 0.2) is 72.8 Å². The second-order valence-electron chi connectivity index (χ2n) is 9.97. The average molecular weight is 399 g/mol. The molecule has 0 unspecified atom stereocenters. The molecule has 0 N–H and O–H groups in total. The van der Waals surface area contributed by atoms with Crippen LogP contribution in [0.1, 0.15) is 58.9 Å². The van der Waals surface area contributed by atoms with Gasteiger partial charge >= 0.3 is 0 Å². The standard InChI is InChI=1S/C29H34O/c1-5-18-29(19-20-29)21-30-27-16-12-25(13-17-27)23-8-6-22(7-9-23)24-10-14-26(15-11-24)28(2,3)4/h6-17H,5,18-21H2,1-4H3. The van der Waals surface area contributed by atoms with Gasteiger partial charge in [0.15, 0.2) is 0 Å². The maximum absolute atomic E-state index is 6.09. The molecule has 156 valence electrons. The van der Waals surface area contributed by atoms with Gasteiger partial charge in [-0.1, -0.05) is 94.8 Å². The van der Waals surface area contributed by atoms with Crippen LogP contribution in [0.4, 0.5) is 0 Å². The first kappa shape index (κ1) is 20.7. The lowest BCUT2D eigenvalue weighted by molar-refractivity contribution is 0.224. The zero-order chi connectivity index (χ0) is 21.2. The van der Waals surface area contributed by atoms with Crippen LogP contribution in [0, 0.1) is 5.41 Å². The smallest absolute Gasteiger partial charge is 0.119 e. The molecule has 1 nitrogen and oxygen atoms in total. The molecule has 4 rings (SSSR count). The molecule has 0 heterocycles. The van der Waals surface area contributed by atoms with Gasteiger partial charge in [-0.25, -0.2) is 0 Å². The Balaban J connectivity index is 1.41. The first-order chi connectivity index (χ1) is 14.4. The fourth-order valence-corrected chi connectivity index (χ4v) is 4.17. The highest BCUT2D eigenvalue weighted by Gasteiger charge is 2.42. The molecule has 0 aromatic heterocycles. The Morgan fingerprint density at radius 2 is 1.13 bits per heavy atom. The van der Waals surface area contributed by atoms with Crippen molar-refractivity contribution in [2.75, 3.05) is 6.61 Å². The summed E-state index contributed by atoms with van der Waals surface area (Å²) in [5.74, 6) is 0.983. The molecule has 1 saturated carbocycles. The quantitative estimate of drug-likeness (QED) is 0.389. The first-order valence-corrected chi connectivity index (χ1v) is 11.3. The molecule has 0 radical (unpaired) electrons. The van der Waals surface area contributed by atoms with Gasteiger partial charge in [-0.2, -0.15) is 0 Å². The van der Waals surface area contributed by atoms with E-state index in [1.54, 1.807) is 0 Å². The highest BCUT2D eigenvalue weighted by atomic mass is 16.5. The van der Waals surface area contributed by atoms with Crippen molar-refractivity contribution in [3.63, 3.8) is 0 Å². The van der Waals surface area contributed by atoms with E-state index in [1.807, 2.05) is 0 Å². The van der Waals surface area contributed by atoms with Gasteiger partial charge in [0.1, 0.15) is 5.75 Å². The Morgan fingerprint density at radius 1 is 0.700 bits per heavy atom. The third-order valence-electron chi connectivity index (χ3n) is 6.44. The van der Waals surface area contributed by atoms with Crippen LogP contribution in [0.3, 0.4) is 0 Å². The van der Waals surface area contributed by atoms with Crippen molar-refractivity contribution in [3.05, 3.63) is 78.4 Å². The van der Waals surface area contributed by atoms with Crippen molar-refractivity contribution in [1.82, 2.24) is 0 Å². The second-order valence-corrected chi connectivity index (χ2v) is 9.97. The van der Waals surface area contributed by atoms with E-state index in [2.05, 4.69) is 100 Å². The lowest BCUT2D eigenvalue weighted by Gasteiger charge is -2.19. The Hall–Kier alpha value is -2.54. The summed E-state index contributed by atoms with van der Waals surface area (Å²) in [5, 5.41) is 0. The third kappa shape index (κ3) is 4.78. The summed E-state index contributed by atoms with van der Waals surface area (Å²) in [6.07, 6.45) is 5.18. The molecule has 0 aliphatic heterocycles. The van der Waals surface area contributed by atoms with Crippen LogP contribution in [0.25, 0.3) is 22.3 Å². The summed E-state index contributed by atoms with van der Waals surface area (Å²) >= 11 is 0. The Morgan fingerprint density at radius 3 is 1.53 bits per heavy atom. The van der Waals surface area contributed by atoms with Gasteiger partial charge in [0.05, 0.1) is 6.61 Å². The number of ether oxygens (including phenoxy) is 1. The Kier molecular flexibility index (Phi) is 5.73. The van der Waals surface area contributed by atoms with E-state index in [0.29, 0.717) is 5.41 Å². The summed E-state index contributed by atoms with van der Waals surface area (Å²) in [6.45, 7) is 9.89. The average Bonchev–Trinajstić information content (AvgIpc) is 3.52. The largest absolute Gasteiger partial charge is 0.493 e. The summed E-state index contributed by atoms with van der Waals surface area (Å²) in [6, 6.07) is 26.4. The fraction of sp³-hybridized carbons (Fsp3) is 0.379. The minimum atomic E-state index is 0.188. The summed E-state index contributed by atoms with van der Waals surface area (Å²) in [5.41, 5.74) is 7.01. The number of hydrogen-bond donors (Lipinski definition) is 0. The SMILES string of the molecule is CCCC1(COc2ccc(-c3ccc(-c4ccc(C(C)(C)C)cc4)cc3)cc2)CC1. The van der Waals surface area contributed by atoms with Crippen molar-refractivity contribution in [1.29, 1.82) is 0 Å². The maximum Gasteiger partial charge on any atom is 0.119 e. The molecule has 1 fully saturated rings. The molecular weight excluding hydrogens is 364 g/mol. The molecule has 1 aliphatic rings. The van der Waals surface area contributed by atoms with E-state index in [4.69, 9.17) is 4.74 Å². The van der Waals surface area contributed by atoms with Crippen molar-refractivity contribution in [2.24, 2.45) is 5.41 Å². The lowest BCUT2D eigenvalue weighted by Crippen LogP contribution is -2.12. The predicted octanol–water partition coefficient (Wildman–Crippen LogP) is 8.28. The molecular formula is C29H34O. The third-order valence-corrected chi connectivity index (χ3v) is 6.44. The van der Waals surface area contributed by atoms with Gasteiger partial charge in [-0.05, 0) is 64.6 Å². The topological polar surface area (TPSA) is 9.23 Å². The summed E-state index contributed by atoms with van der Waals surface area (Å²) in [4.78, 5) is 0. The monoisotopic (exact) mass is 398 g/mol. The van der Waals surface area contributed by atoms with E-state index in [9.17, 15) is 0 Å². The van der Waals surface area contributed by atoms with Gasteiger partial charge in [-0.3, -0.25) is 0 Å². The number of rotatable bonds is 7. The van der Waals surface area contributed by atoms with Crippen LogP contribution in [0.5, 0.6) is 5.75 Å². The number of hydrogen-bond acceptors (Lipinski definition) is 1. The Bertz CT molecular complexity index is 953. The molecule has 0 amide bonds. The van der Waals surface area contributed by atoms with Crippen molar-refractivity contribution < 1.29 is 4.74 Å². The van der Waals surface area contributed by atoms with Crippen molar-refractivity contribution in [2.45, 2.75) is 58.8 Å². The minimum absolute atomic E-state index is 0.188. The maximum atomic E-state index is 6.09. The highest BCUT2D eigenvalue weighted by Crippen LogP contribution is 2.49. The first-order valence-electron chi connectivity index (χ1n) is 11.3. The van der Waals surface area contributed by atoms with Gasteiger partial charge in [0, 0.05) is 5.41 Å². The van der Waals surface area contributed by atoms with Crippen LogP contribution >= 0.6 is 0 Å². The second kappa shape index (κ2) is 8.30. The summed E-state index contributed by atoms with van der Waals surface area (Å²) < 4.78 is 6.09. The van der Waals surface area contributed by atoms with E-state index in [-0.39, 0.29) is 5.41 Å². The molecule has 1 aliphatic carbocycles. The predicted molar refractivity (Wildman–Crippen MR) is 128 cm³/mol. The van der Waals surface area contributed by atoms with E-state index >= 15 is 0 Å². The number of benzene rings is 3. The summed E-state index contributed by atoms with van der Waals surface area (Å²) in [7, 11) is 0. The van der Waals surface area contributed by atoms with E-state index in [0.717, 1.165) is 12.4 Å². The zero-order valence-electron chi connectivity index (χ0n) is 18.9. The van der Waals surface area contributed by atoms with E-state index < -0.39 is 0 Å². The highest BCUT2D eigenvalue weighted by molar-refractivity contribution is 5.70.